The van der Waals surface area contributed by atoms with E-state index in [0.717, 1.165) is 40.9 Å². The number of nitrogens with zero attached hydrogens (tertiary/aromatic N) is 6. The van der Waals surface area contributed by atoms with Crippen molar-refractivity contribution in [3.63, 3.8) is 0 Å². The smallest absolute Gasteiger partial charge is 0.205 e. The van der Waals surface area contributed by atoms with E-state index in [1.54, 1.807) is 0 Å². The van der Waals surface area contributed by atoms with Crippen LogP contribution in [0.4, 0.5) is 0 Å². The number of imidazole rings is 1. The Kier molecular flexibility index (Phi) is 7.97. The zero-order chi connectivity index (χ0) is 27.4. The van der Waals surface area contributed by atoms with E-state index in [4.69, 9.17) is 11.6 Å². The molecule has 5 rings (SSSR count). The predicted octanol–water partition coefficient (Wildman–Crippen LogP) is 4.45. The molecule has 0 spiro atoms. The number of aromatic nitrogens is 7. The van der Waals surface area contributed by atoms with E-state index in [2.05, 4.69) is 37.5 Å². The molecule has 3 aromatic heterocycles. The third kappa shape index (κ3) is 5.53. The molecule has 0 saturated carbocycles. The van der Waals surface area contributed by atoms with Gasteiger partial charge in [-0.15, -0.1) is 10.2 Å². The highest BCUT2D eigenvalue weighted by molar-refractivity contribution is 6.30. The van der Waals surface area contributed by atoms with Crippen molar-refractivity contribution >= 4 is 11.6 Å². The summed E-state index contributed by atoms with van der Waals surface area (Å²) in [5.41, 5.74) is 4.47. The van der Waals surface area contributed by atoms with E-state index >= 15 is 0 Å². The summed E-state index contributed by atoms with van der Waals surface area (Å²) in [5, 5.41) is 46.1. The fraction of sp³-hybridized carbons (Fsp3) is 0.250. The molecule has 0 amide bonds. The van der Waals surface area contributed by atoms with Gasteiger partial charge in [0.2, 0.25) is 5.82 Å². The molecule has 4 N–H and O–H groups in total. The number of aliphatic hydroxyl groups is 2. The van der Waals surface area contributed by atoms with Gasteiger partial charge in [0.25, 0.3) is 0 Å². The summed E-state index contributed by atoms with van der Waals surface area (Å²) in [6.07, 6.45) is 2.57. The molecule has 39 heavy (non-hydrogen) atoms. The number of unbranched alkanes of at least 4 members (excludes halogenated alkanes) is 1. The Labute approximate surface area is 230 Å². The Balaban J connectivity index is 1.59. The highest BCUT2D eigenvalue weighted by Gasteiger charge is 2.27. The number of rotatable bonds is 10. The number of nitrogens with one attached hydrogen (secondary N) is 1. The maximum absolute atomic E-state index is 11.3. The van der Waals surface area contributed by atoms with E-state index in [-0.39, 0.29) is 23.2 Å². The number of aryl methyl sites for hydroxylation is 1. The van der Waals surface area contributed by atoms with E-state index in [1.807, 2.05) is 53.1 Å². The van der Waals surface area contributed by atoms with Crippen LogP contribution < -0.4 is 0 Å². The first-order valence-electron chi connectivity index (χ1n) is 12.6. The predicted molar refractivity (Wildman–Crippen MR) is 146 cm³/mol. The Morgan fingerprint density at radius 2 is 1.87 bits per heavy atom. The van der Waals surface area contributed by atoms with E-state index < -0.39 is 6.10 Å². The standard InChI is InChI=1S/C28H28ClN7O3/c1-2-3-9-23-31-27(29)25(26(39)24-22(38)13-18(16-37)14-30-24)36(23)15-17-10-11-20(19-7-5-4-6-8-19)21(12-17)28-32-34-35-33-28/h4-8,10-14,26,37-39H,2-3,9,15-16H2,1H3,(H,32,33,34,35). The molecule has 0 bridgehead atoms. The molecule has 5 aromatic rings. The van der Waals surface area contributed by atoms with Crippen molar-refractivity contribution in [1.29, 1.82) is 0 Å². The highest BCUT2D eigenvalue weighted by Crippen LogP contribution is 2.35. The van der Waals surface area contributed by atoms with Gasteiger partial charge in [-0.3, -0.25) is 4.98 Å². The summed E-state index contributed by atoms with van der Waals surface area (Å²) in [6.45, 7) is 2.16. The summed E-state index contributed by atoms with van der Waals surface area (Å²) in [7, 11) is 0. The largest absolute Gasteiger partial charge is 0.506 e. The lowest BCUT2D eigenvalue weighted by Crippen LogP contribution is -2.14. The van der Waals surface area contributed by atoms with Crippen molar-refractivity contribution < 1.29 is 15.3 Å². The number of aliphatic hydroxyl groups excluding tert-OH is 2. The molecule has 0 aliphatic heterocycles. The fourth-order valence-electron chi connectivity index (χ4n) is 4.58. The minimum atomic E-state index is -1.34. The molecule has 0 fully saturated rings. The Morgan fingerprint density at radius 3 is 2.56 bits per heavy atom. The number of H-pyrrole nitrogens is 1. The number of benzene rings is 2. The zero-order valence-electron chi connectivity index (χ0n) is 21.3. The quantitative estimate of drug-likeness (QED) is 0.201. The molecule has 11 heteroatoms. The van der Waals surface area contributed by atoms with Crippen LogP contribution in [0.1, 0.15) is 54.2 Å². The van der Waals surface area contributed by atoms with Gasteiger partial charge in [-0.05, 0) is 46.0 Å². The maximum Gasteiger partial charge on any atom is 0.205 e. The van der Waals surface area contributed by atoms with Crippen LogP contribution in [0.15, 0.2) is 60.8 Å². The van der Waals surface area contributed by atoms with Crippen LogP contribution in [-0.2, 0) is 19.6 Å². The zero-order valence-corrected chi connectivity index (χ0v) is 22.0. The van der Waals surface area contributed by atoms with Gasteiger partial charge in [-0.1, -0.05) is 67.4 Å². The monoisotopic (exact) mass is 545 g/mol. The molecule has 1 unspecified atom stereocenters. The van der Waals surface area contributed by atoms with Crippen LogP contribution in [0.2, 0.25) is 5.15 Å². The second kappa shape index (κ2) is 11.7. The summed E-state index contributed by atoms with van der Waals surface area (Å²) < 4.78 is 1.88. The summed E-state index contributed by atoms with van der Waals surface area (Å²) in [5.74, 6) is 0.944. The third-order valence-corrected chi connectivity index (χ3v) is 6.82. The first-order chi connectivity index (χ1) is 19.0. The molecule has 0 aliphatic carbocycles. The first-order valence-corrected chi connectivity index (χ1v) is 13.0. The van der Waals surface area contributed by atoms with Crippen LogP contribution in [0.5, 0.6) is 5.75 Å². The van der Waals surface area contributed by atoms with Gasteiger partial charge in [-0.25, -0.2) is 4.98 Å². The third-order valence-electron chi connectivity index (χ3n) is 6.55. The second-order valence-electron chi connectivity index (χ2n) is 9.18. The van der Waals surface area contributed by atoms with Gasteiger partial charge in [0.1, 0.15) is 23.4 Å². The molecule has 0 radical (unpaired) electrons. The Bertz CT molecular complexity index is 1560. The molecule has 0 aliphatic rings. The Hall–Kier alpha value is -4.12. The molecule has 200 valence electrons. The molecule has 1 atom stereocenters. The van der Waals surface area contributed by atoms with Crippen molar-refractivity contribution in [2.75, 3.05) is 0 Å². The molecule has 2 aromatic carbocycles. The average molecular weight is 546 g/mol. The minimum absolute atomic E-state index is 0.0317. The van der Waals surface area contributed by atoms with E-state index in [1.165, 1.54) is 12.3 Å². The van der Waals surface area contributed by atoms with Crippen LogP contribution in [0, 0.1) is 0 Å². The number of aromatic amines is 1. The van der Waals surface area contributed by atoms with Crippen molar-refractivity contribution in [3.8, 4) is 28.3 Å². The Morgan fingerprint density at radius 1 is 1.05 bits per heavy atom. The van der Waals surface area contributed by atoms with Crippen LogP contribution in [-0.4, -0.2) is 50.5 Å². The van der Waals surface area contributed by atoms with Crippen molar-refractivity contribution in [3.05, 3.63) is 94.3 Å². The maximum atomic E-state index is 11.3. The van der Waals surface area contributed by atoms with E-state index in [9.17, 15) is 15.3 Å². The lowest BCUT2D eigenvalue weighted by molar-refractivity contribution is 0.200. The number of tetrazole rings is 1. The summed E-state index contributed by atoms with van der Waals surface area (Å²) in [4.78, 5) is 8.76. The van der Waals surface area contributed by atoms with Gasteiger partial charge in [0.15, 0.2) is 5.15 Å². The first kappa shape index (κ1) is 26.5. The number of hydrogen-bond donors (Lipinski definition) is 4. The van der Waals surface area contributed by atoms with Gasteiger partial charge in [-0.2, -0.15) is 5.21 Å². The fourth-order valence-corrected chi connectivity index (χ4v) is 4.88. The minimum Gasteiger partial charge on any atom is -0.506 e. The van der Waals surface area contributed by atoms with Crippen LogP contribution >= 0.6 is 11.6 Å². The number of hydrogen-bond acceptors (Lipinski definition) is 8. The number of halogens is 1. The number of pyridine rings is 1. The van der Waals surface area contributed by atoms with Gasteiger partial charge in [0, 0.05) is 24.7 Å². The van der Waals surface area contributed by atoms with Crippen LogP contribution in [0.25, 0.3) is 22.5 Å². The van der Waals surface area contributed by atoms with E-state index in [0.29, 0.717) is 30.0 Å². The molecular weight excluding hydrogens is 518 g/mol. The lowest BCUT2D eigenvalue weighted by Gasteiger charge is -2.18. The average Bonchev–Trinajstić information content (AvgIpc) is 3.60. The molecule has 0 saturated heterocycles. The topological polar surface area (TPSA) is 146 Å². The van der Waals surface area contributed by atoms with Gasteiger partial charge in [0.05, 0.1) is 12.3 Å². The van der Waals surface area contributed by atoms with Gasteiger partial charge >= 0.3 is 0 Å². The van der Waals surface area contributed by atoms with Crippen molar-refractivity contribution in [2.45, 2.75) is 45.4 Å². The highest BCUT2D eigenvalue weighted by atomic mass is 35.5. The molecule has 10 nitrogen and oxygen atoms in total. The lowest BCUT2D eigenvalue weighted by atomic mass is 9.97. The molecule has 3 heterocycles. The number of aromatic hydroxyl groups is 1. The molecular formula is C28H28ClN7O3. The summed E-state index contributed by atoms with van der Waals surface area (Å²) >= 11 is 6.59. The normalized spacial score (nSPS) is 12.1. The van der Waals surface area contributed by atoms with Crippen LogP contribution in [0.3, 0.4) is 0 Å². The SMILES string of the molecule is CCCCc1nc(Cl)c(C(O)c2ncc(CO)cc2O)n1Cc1ccc(-c2ccccc2)c(-c2nn[nH]n2)c1. The van der Waals surface area contributed by atoms with Crippen molar-refractivity contribution in [1.82, 2.24) is 35.2 Å². The second-order valence-corrected chi connectivity index (χ2v) is 9.54. The summed E-state index contributed by atoms with van der Waals surface area (Å²) in [6, 6.07) is 17.3. The van der Waals surface area contributed by atoms with Gasteiger partial charge < -0.3 is 19.9 Å². The van der Waals surface area contributed by atoms with Crippen molar-refractivity contribution in [2.24, 2.45) is 0 Å².